The molecule has 29 heavy (non-hydrogen) atoms. The first kappa shape index (κ1) is 22.5. The Morgan fingerprint density at radius 3 is 2.59 bits per heavy atom. The van der Waals surface area contributed by atoms with Crippen molar-refractivity contribution in [2.75, 3.05) is 29.9 Å². The predicted octanol–water partition coefficient (Wildman–Crippen LogP) is 3.64. The van der Waals surface area contributed by atoms with Gasteiger partial charge in [0.15, 0.2) is 0 Å². The third-order valence-electron chi connectivity index (χ3n) is 3.93. The second-order valence-corrected chi connectivity index (χ2v) is 6.89. The van der Waals surface area contributed by atoms with E-state index in [0.717, 1.165) is 0 Å². The number of pyridine rings is 1. The summed E-state index contributed by atoms with van der Waals surface area (Å²) in [7, 11) is 0. The summed E-state index contributed by atoms with van der Waals surface area (Å²) in [6, 6.07) is 12.7. The Hall–Kier alpha value is -2.82. The van der Waals surface area contributed by atoms with Gasteiger partial charge in [-0.15, -0.1) is 0 Å². The molecule has 7 nitrogen and oxygen atoms in total. The fourth-order valence-electron chi connectivity index (χ4n) is 2.54. The molecule has 1 aromatic carbocycles. The number of carbonyl (C=O) groups excluding carboxylic acids is 2. The molecule has 0 saturated carbocycles. The molecule has 1 heterocycles. The summed E-state index contributed by atoms with van der Waals surface area (Å²) in [4.78, 5) is 30.1. The Labute approximate surface area is 179 Å². The minimum absolute atomic E-state index is 0.0597. The molecule has 0 bridgehead atoms. The number of benzene rings is 1. The number of para-hydroxylation sites is 1. The smallest absolute Gasteiger partial charge is 0.227 e. The number of hydrogen-bond acceptors (Lipinski definition) is 5. The maximum absolute atomic E-state index is 12.5. The van der Waals surface area contributed by atoms with Crippen molar-refractivity contribution in [3.63, 3.8) is 0 Å². The minimum Gasteiger partial charge on any atom is -0.367 e. The van der Waals surface area contributed by atoms with Gasteiger partial charge in [-0.25, -0.2) is 4.98 Å². The van der Waals surface area contributed by atoms with Crippen molar-refractivity contribution in [2.45, 2.75) is 19.3 Å². The number of aromatic nitrogens is 1. The molecule has 0 unspecified atom stereocenters. The van der Waals surface area contributed by atoms with Crippen LogP contribution in [-0.2, 0) is 9.59 Å². The van der Waals surface area contributed by atoms with Gasteiger partial charge in [-0.2, -0.15) is 5.26 Å². The molecule has 0 spiro atoms. The summed E-state index contributed by atoms with van der Waals surface area (Å²) in [6.07, 6.45) is 1.82. The van der Waals surface area contributed by atoms with Crippen molar-refractivity contribution in [1.82, 2.24) is 10.3 Å². The molecule has 0 aliphatic rings. The van der Waals surface area contributed by atoms with Gasteiger partial charge in [-0.05, 0) is 18.2 Å². The molecule has 2 N–H and O–H groups in total. The first-order valence-electron chi connectivity index (χ1n) is 9.05. The average Bonchev–Trinajstić information content (AvgIpc) is 2.72. The highest BCUT2D eigenvalue weighted by molar-refractivity contribution is 6.35. The van der Waals surface area contributed by atoms with Crippen molar-refractivity contribution in [3.8, 4) is 6.07 Å². The van der Waals surface area contributed by atoms with Gasteiger partial charge in [0.2, 0.25) is 11.8 Å². The van der Waals surface area contributed by atoms with E-state index in [9.17, 15) is 9.59 Å². The molecule has 9 heteroatoms. The van der Waals surface area contributed by atoms with Crippen LogP contribution < -0.4 is 15.5 Å². The van der Waals surface area contributed by atoms with Gasteiger partial charge >= 0.3 is 0 Å². The van der Waals surface area contributed by atoms with Crippen LogP contribution in [0.25, 0.3) is 0 Å². The zero-order valence-corrected chi connectivity index (χ0v) is 17.2. The highest BCUT2D eigenvalue weighted by atomic mass is 35.5. The lowest BCUT2D eigenvalue weighted by atomic mass is 10.2. The molecule has 2 aromatic rings. The number of nitrogens with one attached hydrogen (secondary N) is 2. The normalized spacial score (nSPS) is 10.1. The van der Waals surface area contributed by atoms with Crippen LogP contribution in [0, 0.1) is 11.3 Å². The summed E-state index contributed by atoms with van der Waals surface area (Å²) in [6.45, 7) is 1.07. The van der Waals surface area contributed by atoms with Gasteiger partial charge in [0.1, 0.15) is 5.82 Å². The lowest BCUT2D eigenvalue weighted by molar-refractivity contribution is -0.125. The van der Waals surface area contributed by atoms with Crippen molar-refractivity contribution < 1.29 is 9.59 Å². The van der Waals surface area contributed by atoms with Gasteiger partial charge in [-0.1, -0.05) is 41.4 Å². The molecular weight excluding hydrogens is 413 g/mol. The lowest BCUT2D eigenvalue weighted by Gasteiger charge is -2.21. The quantitative estimate of drug-likeness (QED) is 0.557. The van der Waals surface area contributed by atoms with Crippen molar-refractivity contribution >= 4 is 46.5 Å². The van der Waals surface area contributed by atoms with E-state index in [1.165, 1.54) is 11.1 Å². The average molecular weight is 434 g/mol. The van der Waals surface area contributed by atoms with E-state index < -0.39 is 0 Å². The first-order chi connectivity index (χ1) is 14.0. The number of nitriles is 1. The maximum Gasteiger partial charge on any atom is 0.227 e. The summed E-state index contributed by atoms with van der Waals surface area (Å²) >= 11 is 11.8. The largest absolute Gasteiger partial charge is 0.367 e. The molecule has 0 radical (unpaired) electrons. The number of halogens is 2. The third kappa shape index (κ3) is 7.60. The van der Waals surface area contributed by atoms with Gasteiger partial charge < -0.3 is 15.5 Å². The predicted molar refractivity (Wildman–Crippen MR) is 114 cm³/mol. The summed E-state index contributed by atoms with van der Waals surface area (Å²) in [5, 5.41) is 15.4. The fourth-order valence-corrected chi connectivity index (χ4v) is 2.99. The Morgan fingerprint density at radius 1 is 1.14 bits per heavy atom. The highest BCUT2D eigenvalue weighted by Gasteiger charge is 2.16. The third-order valence-corrected chi connectivity index (χ3v) is 4.42. The van der Waals surface area contributed by atoms with Gasteiger partial charge in [0.25, 0.3) is 0 Å². The summed E-state index contributed by atoms with van der Waals surface area (Å²) in [5.41, 5.74) is 0.713. The number of amides is 2. The van der Waals surface area contributed by atoms with E-state index in [2.05, 4.69) is 15.6 Å². The van der Waals surface area contributed by atoms with Crippen LogP contribution in [0.15, 0.2) is 42.6 Å². The lowest BCUT2D eigenvalue weighted by Crippen LogP contribution is -2.34. The van der Waals surface area contributed by atoms with Crippen molar-refractivity contribution in [1.29, 1.82) is 5.26 Å². The molecule has 2 amide bonds. The SMILES string of the molecule is N#CCCN(C(=O)CCC(=O)NCCNc1ncc(Cl)cc1Cl)c1ccccc1. The van der Waals surface area contributed by atoms with Crippen LogP contribution in [0.2, 0.25) is 10.0 Å². The molecular formula is C20H21Cl2N5O2. The molecule has 0 fully saturated rings. The number of rotatable bonds is 10. The molecule has 2 rings (SSSR count). The Morgan fingerprint density at radius 2 is 1.90 bits per heavy atom. The van der Waals surface area contributed by atoms with E-state index in [1.807, 2.05) is 24.3 Å². The maximum atomic E-state index is 12.5. The molecule has 0 saturated heterocycles. The summed E-state index contributed by atoms with van der Waals surface area (Å²) < 4.78 is 0. The molecule has 1 aromatic heterocycles. The second kappa shape index (κ2) is 11.9. The van der Waals surface area contributed by atoms with Gasteiger partial charge in [0, 0.05) is 44.4 Å². The molecule has 0 aliphatic heterocycles. The molecule has 0 atom stereocenters. The van der Waals surface area contributed by atoms with Gasteiger partial charge in [0.05, 0.1) is 22.5 Å². The zero-order chi connectivity index (χ0) is 21.1. The fraction of sp³-hybridized carbons (Fsp3) is 0.300. The van der Waals surface area contributed by atoms with Crippen LogP contribution in [0.1, 0.15) is 19.3 Å². The standard InChI is InChI=1S/C20H21Cl2N5O2/c21-15-13-17(22)20(26-14-15)25-11-10-24-18(28)7-8-19(29)27(12-4-9-23)16-5-2-1-3-6-16/h1-3,5-6,13-14H,4,7-8,10-12H2,(H,24,28)(H,25,26). The number of anilines is 2. The van der Waals surface area contributed by atoms with Crippen LogP contribution >= 0.6 is 23.2 Å². The monoisotopic (exact) mass is 433 g/mol. The Kier molecular flexibility index (Phi) is 9.22. The Bertz CT molecular complexity index is 871. The second-order valence-electron chi connectivity index (χ2n) is 6.05. The molecule has 0 aliphatic carbocycles. The highest BCUT2D eigenvalue weighted by Crippen LogP contribution is 2.22. The van der Waals surface area contributed by atoms with E-state index in [4.69, 9.17) is 28.5 Å². The zero-order valence-electron chi connectivity index (χ0n) is 15.7. The minimum atomic E-state index is -0.233. The number of hydrogen-bond donors (Lipinski definition) is 2. The van der Waals surface area contributed by atoms with Crippen LogP contribution in [0.5, 0.6) is 0 Å². The summed E-state index contributed by atoms with van der Waals surface area (Å²) in [5.74, 6) is 0.0527. The van der Waals surface area contributed by atoms with Gasteiger partial charge in [-0.3, -0.25) is 9.59 Å². The van der Waals surface area contributed by atoms with Crippen LogP contribution in [0.3, 0.4) is 0 Å². The Balaban J connectivity index is 1.75. The van der Waals surface area contributed by atoms with Crippen LogP contribution in [0.4, 0.5) is 11.5 Å². The topological polar surface area (TPSA) is 98.1 Å². The molecule has 152 valence electrons. The van der Waals surface area contributed by atoms with E-state index >= 15 is 0 Å². The van der Waals surface area contributed by atoms with Crippen molar-refractivity contribution in [3.05, 3.63) is 52.6 Å². The number of nitrogens with zero attached hydrogens (tertiary/aromatic N) is 3. The van der Waals surface area contributed by atoms with E-state index in [1.54, 1.807) is 18.2 Å². The van der Waals surface area contributed by atoms with Crippen molar-refractivity contribution in [2.24, 2.45) is 0 Å². The van der Waals surface area contributed by atoms with E-state index in [-0.39, 0.29) is 31.1 Å². The van der Waals surface area contributed by atoms with E-state index in [0.29, 0.717) is 41.2 Å². The first-order valence-corrected chi connectivity index (χ1v) is 9.81. The number of carbonyl (C=O) groups is 2. The van der Waals surface area contributed by atoms with Crippen LogP contribution in [-0.4, -0.2) is 36.4 Å².